The Morgan fingerprint density at radius 2 is 1.56 bits per heavy atom. The van der Waals surface area contributed by atoms with E-state index in [2.05, 4.69) is 63.8 Å². The van der Waals surface area contributed by atoms with Gasteiger partial charge in [0.15, 0.2) is 0 Å². The molecule has 1 aromatic heterocycles. The number of aromatic nitrogens is 2. The van der Waals surface area contributed by atoms with Crippen LogP contribution in [0, 0.1) is 13.8 Å². The van der Waals surface area contributed by atoms with Crippen molar-refractivity contribution in [3.63, 3.8) is 0 Å². The molecule has 0 unspecified atom stereocenters. The van der Waals surface area contributed by atoms with Crippen LogP contribution in [-0.4, -0.2) is 22.1 Å². The summed E-state index contributed by atoms with van der Waals surface area (Å²) in [5.74, 6) is 1.35. The highest BCUT2D eigenvalue weighted by Crippen LogP contribution is 2.16. The molecule has 0 aliphatic heterocycles. The molecule has 18 heavy (non-hydrogen) atoms. The fourth-order valence-electron chi connectivity index (χ4n) is 1.95. The number of hydrogen-bond acceptors (Lipinski definition) is 3. The summed E-state index contributed by atoms with van der Waals surface area (Å²) < 4.78 is 0. The molecule has 102 valence electrons. The number of nitrogens with zero attached hydrogens (tertiary/aromatic N) is 2. The lowest BCUT2D eigenvalue weighted by Gasteiger charge is -2.21. The van der Waals surface area contributed by atoms with Crippen LogP contribution in [0.1, 0.15) is 63.3 Å². The smallest absolute Gasteiger partial charge is 0.131 e. The second kappa shape index (κ2) is 5.79. The van der Waals surface area contributed by atoms with Gasteiger partial charge in [-0.2, -0.15) is 0 Å². The molecule has 0 aromatic carbocycles. The van der Waals surface area contributed by atoms with Gasteiger partial charge in [-0.25, -0.2) is 9.97 Å². The molecule has 3 nitrogen and oxygen atoms in total. The average Bonchev–Trinajstić information content (AvgIpc) is 2.20. The fraction of sp³-hybridized carbons (Fsp3) is 0.733. The normalized spacial score (nSPS) is 12.2. The Morgan fingerprint density at radius 1 is 1.06 bits per heavy atom. The SMILES string of the molecule is Cc1nc(C(C)C)nc(C)c1CCNC(C)(C)C. The largest absolute Gasteiger partial charge is 0.312 e. The van der Waals surface area contributed by atoms with Crippen molar-refractivity contribution in [1.29, 1.82) is 0 Å². The summed E-state index contributed by atoms with van der Waals surface area (Å²) in [4.78, 5) is 9.22. The first kappa shape index (κ1) is 15.1. The first-order valence-electron chi connectivity index (χ1n) is 6.79. The van der Waals surface area contributed by atoms with Gasteiger partial charge in [0.25, 0.3) is 0 Å². The number of hydrogen-bond donors (Lipinski definition) is 1. The van der Waals surface area contributed by atoms with Gasteiger partial charge in [-0.05, 0) is 53.1 Å². The Balaban J connectivity index is 2.78. The molecule has 0 spiro atoms. The van der Waals surface area contributed by atoms with Crippen LogP contribution in [0.5, 0.6) is 0 Å². The van der Waals surface area contributed by atoms with Crippen LogP contribution in [0.15, 0.2) is 0 Å². The standard InChI is InChI=1S/C15H27N3/c1-10(2)14-17-11(3)13(12(4)18-14)8-9-16-15(5,6)7/h10,16H,8-9H2,1-7H3. The van der Waals surface area contributed by atoms with Gasteiger partial charge in [-0.3, -0.25) is 0 Å². The number of nitrogens with one attached hydrogen (secondary N) is 1. The van der Waals surface area contributed by atoms with Crippen molar-refractivity contribution < 1.29 is 0 Å². The zero-order valence-corrected chi connectivity index (χ0v) is 12.9. The van der Waals surface area contributed by atoms with Gasteiger partial charge < -0.3 is 5.32 Å². The third-order valence-electron chi connectivity index (χ3n) is 2.98. The first-order chi connectivity index (χ1) is 8.20. The van der Waals surface area contributed by atoms with Crippen LogP contribution in [0.3, 0.4) is 0 Å². The van der Waals surface area contributed by atoms with Crippen LogP contribution in [0.25, 0.3) is 0 Å². The highest BCUT2D eigenvalue weighted by atomic mass is 14.9. The van der Waals surface area contributed by atoms with E-state index in [4.69, 9.17) is 0 Å². The predicted molar refractivity (Wildman–Crippen MR) is 77.1 cm³/mol. The van der Waals surface area contributed by atoms with E-state index >= 15 is 0 Å². The second-order valence-electron chi connectivity index (χ2n) is 6.31. The zero-order valence-electron chi connectivity index (χ0n) is 12.9. The molecule has 3 heteroatoms. The molecular weight excluding hydrogens is 222 g/mol. The van der Waals surface area contributed by atoms with Crippen molar-refractivity contribution in [2.75, 3.05) is 6.54 Å². The highest BCUT2D eigenvalue weighted by molar-refractivity contribution is 5.25. The quantitative estimate of drug-likeness (QED) is 0.890. The molecule has 0 amide bonds. The summed E-state index contributed by atoms with van der Waals surface area (Å²) >= 11 is 0. The molecule has 0 aliphatic rings. The average molecular weight is 249 g/mol. The van der Waals surface area contributed by atoms with E-state index in [0.717, 1.165) is 30.2 Å². The molecule has 1 N–H and O–H groups in total. The predicted octanol–water partition coefficient (Wildman–Crippen LogP) is 3.15. The Bertz CT molecular complexity index is 380. The third-order valence-corrected chi connectivity index (χ3v) is 2.98. The lowest BCUT2D eigenvalue weighted by atomic mass is 10.1. The van der Waals surface area contributed by atoms with Crippen LogP contribution in [-0.2, 0) is 6.42 Å². The molecule has 1 aromatic rings. The Morgan fingerprint density at radius 3 is 1.94 bits per heavy atom. The molecule has 1 heterocycles. The first-order valence-corrected chi connectivity index (χ1v) is 6.79. The maximum atomic E-state index is 4.61. The molecule has 0 radical (unpaired) electrons. The molecular formula is C15H27N3. The minimum Gasteiger partial charge on any atom is -0.312 e. The van der Waals surface area contributed by atoms with Gasteiger partial charge in [0.05, 0.1) is 0 Å². The Hall–Kier alpha value is -0.960. The van der Waals surface area contributed by atoms with Crippen molar-refractivity contribution in [3.05, 3.63) is 22.8 Å². The summed E-state index contributed by atoms with van der Waals surface area (Å²) in [6.07, 6.45) is 0.993. The minimum absolute atomic E-state index is 0.167. The van der Waals surface area contributed by atoms with Gasteiger partial charge in [-0.15, -0.1) is 0 Å². The van der Waals surface area contributed by atoms with Crippen LogP contribution < -0.4 is 5.32 Å². The van der Waals surface area contributed by atoms with Gasteiger partial charge >= 0.3 is 0 Å². The number of aryl methyl sites for hydroxylation is 2. The van der Waals surface area contributed by atoms with E-state index in [-0.39, 0.29) is 5.54 Å². The molecule has 0 saturated heterocycles. The summed E-state index contributed by atoms with van der Waals surface area (Å²) in [6.45, 7) is 16.0. The van der Waals surface area contributed by atoms with E-state index in [1.807, 2.05) is 0 Å². The second-order valence-corrected chi connectivity index (χ2v) is 6.31. The van der Waals surface area contributed by atoms with Gasteiger partial charge in [0.1, 0.15) is 5.82 Å². The Labute approximate surface area is 111 Å². The van der Waals surface area contributed by atoms with Crippen molar-refractivity contribution >= 4 is 0 Å². The van der Waals surface area contributed by atoms with Gasteiger partial charge in [0, 0.05) is 22.8 Å². The van der Waals surface area contributed by atoms with E-state index in [0.29, 0.717) is 5.92 Å². The van der Waals surface area contributed by atoms with E-state index in [1.165, 1.54) is 5.56 Å². The summed E-state index contributed by atoms with van der Waals surface area (Å²) in [7, 11) is 0. The number of rotatable bonds is 4. The van der Waals surface area contributed by atoms with E-state index in [1.54, 1.807) is 0 Å². The molecule has 0 saturated carbocycles. The van der Waals surface area contributed by atoms with E-state index < -0.39 is 0 Å². The van der Waals surface area contributed by atoms with Crippen molar-refractivity contribution in [1.82, 2.24) is 15.3 Å². The van der Waals surface area contributed by atoms with Gasteiger partial charge in [-0.1, -0.05) is 13.8 Å². The van der Waals surface area contributed by atoms with Crippen molar-refractivity contribution in [2.45, 2.75) is 66.3 Å². The fourth-order valence-corrected chi connectivity index (χ4v) is 1.95. The van der Waals surface area contributed by atoms with Crippen LogP contribution in [0.4, 0.5) is 0 Å². The monoisotopic (exact) mass is 249 g/mol. The zero-order chi connectivity index (χ0) is 13.9. The maximum absolute atomic E-state index is 4.61. The van der Waals surface area contributed by atoms with Gasteiger partial charge in [0.2, 0.25) is 0 Å². The van der Waals surface area contributed by atoms with Crippen LogP contribution in [0.2, 0.25) is 0 Å². The van der Waals surface area contributed by atoms with Crippen molar-refractivity contribution in [3.8, 4) is 0 Å². The highest BCUT2D eigenvalue weighted by Gasteiger charge is 2.12. The van der Waals surface area contributed by atoms with E-state index in [9.17, 15) is 0 Å². The molecule has 0 bridgehead atoms. The maximum Gasteiger partial charge on any atom is 0.131 e. The molecule has 0 fully saturated rings. The minimum atomic E-state index is 0.167. The topological polar surface area (TPSA) is 37.8 Å². The molecule has 0 aliphatic carbocycles. The lowest BCUT2D eigenvalue weighted by molar-refractivity contribution is 0.428. The van der Waals surface area contributed by atoms with Crippen molar-refractivity contribution in [2.24, 2.45) is 0 Å². The van der Waals surface area contributed by atoms with Crippen LogP contribution >= 0.6 is 0 Å². The Kier molecular flexibility index (Phi) is 4.85. The summed E-state index contributed by atoms with van der Waals surface area (Å²) in [6, 6.07) is 0. The summed E-state index contributed by atoms with van der Waals surface area (Å²) in [5.41, 5.74) is 3.71. The molecule has 0 atom stereocenters. The third kappa shape index (κ3) is 4.37. The summed E-state index contributed by atoms with van der Waals surface area (Å²) in [5, 5.41) is 3.51. The lowest BCUT2D eigenvalue weighted by Crippen LogP contribution is -2.37. The molecule has 1 rings (SSSR count).